The van der Waals surface area contributed by atoms with Crippen molar-refractivity contribution in [2.24, 2.45) is 0 Å². The molecular formula is C10H20NO3S-. The topological polar surface area (TPSA) is 69.2 Å². The van der Waals surface area contributed by atoms with E-state index in [1.54, 1.807) is 0 Å². The van der Waals surface area contributed by atoms with E-state index in [1.807, 2.05) is 20.8 Å². The second kappa shape index (κ2) is 4.39. The summed E-state index contributed by atoms with van der Waals surface area (Å²) in [4.78, 5) is 0. The molecule has 5 heteroatoms. The molecule has 0 aliphatic heterocycles. The van der Waals surface area contributed by atoms with Crippen molar-refractivity contribution >= 4 is 10.1 Å². The van der Waals surface area contributed by atoms with Crippen molar-refractivity contribution in [1.82, 2.24) is 5.32 Å². The minimum atomic E-state index is -4.16. The molecule has 15 heavy (non-hydrogen) atoms. The lowest BCUT2D eigenvalue weighted by molar-refractivity contribution is 0.286. The Kier molecular flexibility index (Phi) is 3.79. The molecule has 0 aromatic heterocycles. The summed E-state index contributed by atoms with van der Waals surface area (Å²) in [5.41, 5.74) is -0.148. The molecule has 0 radical (unpaired) electrons. The van der Waals surface area contributed by atoms with Gasteiger partial charge in [0, 0.05) is 11.6 Å². The molecule has 1 aliphatic rings. The summed E-state index contributed by atoms with van der Waals surface area (Å²) in [5.74, 6) is 0. The normalized spacial score (nSPS) is 29.1. The lowest BCUT2D eigenvalue weighted by Crippen LogP contribution is -2.52. The van der Waals surface area contributed by atoms with Gasteiger partial charge in [0.25, 0.3) is 0 Å². The first kappa shape index (κ1) is 12.9. The van der Waals surface area contributed by atoms with Gasteiger partial charge in [0.2, 0.25) is 0 Å². The maximum atomic E-state index is 11.1. The van der Waals surface area contributed by atoms with Crippen LogP contribution >= 0.6 is 0 Å². The summed E-state index contributed by atoms with van der Waals surface area (Å²) < 4.78 is 33.3. The van der Waals surface area contributed by atoms with Gasteiger partial charge in [0.05, 0.1) is 15.4 Å². The van der Waals surface area contributed by atoms with Gasteiger partial charge in [-0.25, -0.2) is 8.42 Å². The van der Waals surface area contributed by atoms with E-state index in [9.17, 15) is 13.0 Å². The number of rotatable bonds is 2. The van der Waals surface area contributed by atoms with E-state index in [0.717, 1.165) is 19.3 Å². The second-order valence-electron chi connectivity index (χ2n) is 5.32. The Morgan fingerprint density at radius 3 is 2.20 bits per heavy atom. The lowest BCUT2D eigenvalue weighted by atomic mass is 9.92. The first-order chi connectivity index (χ1) is 6.70. The van der Waals surface area contributed by atoms with E-state index >= 15 is 0 Å². The first-order valence-electron chi connectivity index (χ1n) is 5.42. The van der Waals surface area contributed by atoms with E-state index in [2.05, 4.69) is 5.32 Å². The van der Waals surface area contributed by atoms with Gasteiger partial charge in [-0.05, 0) is 33.6 Å². The summed E-state index contributed by atoms with van der Waals surface area (Å²) in [5, 5.41) is 2.49. The molecule has 90 valence electrons. The summed E-state index contributed by atoms with van der Waals surface area (Å²) >= 11 is 0. The van der Waals surface area contributed by atoms with Crippen LogP contribution in [0.15, 0.2) is 0 Å². The van der Waals surface area contributed by atoms with Crippen LogP contribution in [-0.4, -0.2) is 29.8 Å². The highest BCUT2D eigenvalue weighted by atomic mass is 32.2. The summed E-state index contributed by atoms with van der Waals surface area (Å²) in [7, 11) is -4.16. The molecule has 0 aromatic rings. The van der Waals surface area contributed by atoms with Gasteiger partial charge in [-0.3, -0.25) is 0 Å². The third kappa shape index (κ3) is 4.09. The Bertz CT molecular complexity index is 305. The minimum absolute atomic E-state index is 0.148. The van der Waals surface area contributed by atoms with Gasteiger partial charge in [-0.2, -0.15) is 0 Å². The molecule has 1 rings (SSSR count). The van der Waals surface area contributed by atoms with Crippen LogP contribution in [-0.2, 0) is 10.1 Å². The van der Waals surface area contributed by atoms with Crippen molar-refractivity contribution in [2.75, 3.05) is 0 Å². The molecule has 4 nitrogen and oxygen atoms in total. The molecule has 1 aliphatic carbocycles. The molecule has 0 amide bonds. The van der Waals surface area contributed by atoms with Crippen LogP contribution in [0.4, 0.5) is 0 Å². The van der Waals surface area contributed by atoms with Crippen LogP contribution < -0.4 is 5.32 Å². The van der Waals surface area contributed by atoms with Crippen molar-refractivity contribution in [1.29, 1.82) is 0 Å². The largest absolute Gasteiger partial charge is 0.748 e. The van der Waals surface area contributed by atoms with Crippen LogP contribution in [0, 0.1) is 0 Å². The van der Waals surface area contributed by atoms with Crippen molar-refractivity contribution in [3.63, 3.8) is 0 Å². The van der Waals surface area contributed by atoms with E-state index in [4.69, 9.17) is 0 Å². The maximum Gasteiger partial charge on any atom is 0.0990 e. The molecule has 2 atom stereocenters. The fourth-order valence-electron chi connectivity index (χ4n) is 2.16. The second-order valence-corrected chi connectivity index (χ2v) is 6.91. The summed E-state index contributed by atoms with van der Waals surface area (Å²) in [6, 6.07) is -0.179. The molecule has 1 N–H and O–H groups in total. The standard InChI is InChI=1S/C10H21NO3S/c1-10(2,3)11-8-6-4-5-7-9(8)15(12,13)14/h8-9,11H,4-7H2,1-3H3,(H,12,13,14)/p-1. The van der Waals surface area contributed by atoms with Gasteiger partial charge >= 0.3 is 0 Å². The Morgan fingerprint density at radius 1 is 1.20 bits per heavy atom. The van der Waals surface area contributed by atoms with Crippen molar-refractivity contribution in [3.05, 3.63) is 0 Å². The van der Waals surface area contributed by atoms with Crippen molar-refractivity contribution in [2.45, 2.75) is 63.3 Å². The molecule has 2 unspecified atom stereocenters. The zero-order valence-electron chi connectivity index (χ0n) is 9.62. The molecule has 0 aromatic carbocycles. The number of nitrogens with one attached hydrogen (secondary N) is 1. The van der Waals surface area contributed by atoms with Crippen LogP contribution in [0.5, 0.6) is 0 Å². The molecule has 1 fully saturated rings. The van der Waals surface area contributed by atoms with Gasteiger partial charge in [0.15, 0.2) is 0 Å². The maximum absolute atomic E-state index is 11.1. The highest BCUT2D eigenvalue weighted by Crippen LogP contribution is 2.25. The molecule has 0 spiro atoms. The Labute approximate surface area is 92.2 Å². The zero-order valence-corrected chi connectivity index (χ0v) is 10.4. The van der Waals surface area contributed by atoms with Gasteiger partial charge in [0.1, 0.15) is 0 Å². The predicted molar refractivity (Wildman–Crippen MR) is 58.6 cm³/mol. The van der Waals surface area contributed by atoms with Crippen molar-refractivity contribution < 1.29 is 13.0 Å². The average molecular weight is 234 g/mol. The Morgan fingerprint density at radius 2 is 1.73 bits per heavy atom. The minimum Gasteiger partial charge on any atom is -0.748 e. The highest BCUT2D eigenvalue weighted by Gasteiger charge is 2.32. The summed E-state index contributed by atoms with van der Waals surface area (Å²) in [6.07, 6.45) is 3.12. The summed E-state index contributed by atoms with van der Waals surface area (Å²) in [6.45, 7) is 5.95. The SMILES string of the molecule is CC(C)(C)NC1CCCCC1S(=O)(=O)[O-]. The monoisotopic (exact) mass is 234 g/mol. The fraction of sp³-hybridized carbons (Fsp3) is 1.00. The molecule has 0 heterocycles. The highest BCUT2D eigenvalue weighted by molar-refractivity contribution is 7.86. The quantitative estimate of drug-likeness (QED) is 0.730. The fourth-order valence-corrected chi connectivity index (χ4v) is 3.23. The van der Waals surface area contributed by atoms with Crippen molar-refractivity contribution in [3.8, 4) is 0 Å². The average Bonchev–Trinajstić information content (AvgIpc) is 1.99. The smallest absolute Gasteiger partial charge is 0.0990 e. The Balaban J connectivity index is 2.75. The van der Waals surface area contributed by atoms with Crippen LogP contribution in [0.1, 0.15) is 46.5 Å². The number of hydrogen-bond donors (Lipinski definition) is 1. The van der Waals surface area contributed by atoms with Crippen LogP contribution in [0.3, 0.4) is 0 Å². The lowest BCUT2D eigenvalue weighted by Gasteiger charge is -2.38. The van der Waals surface area contributed by atoms with Gasteiger partial charge in [-0.1, -0.05) is 12.8 Å². The van der Waals surface area contributed by atoms with Gasteiger partial charge < -0.3 is 9.87 Å². The predicted octanol–water partition coefficient (Wildman–Crippen LogP) is 1.23. The van der Waals surface area contributed by atoms with E-state index in [0.29, 0.717) is 6.42 Å². The van der Waals surface area contributed by atoms with Crippen LogP contribution in [0.2, 0.25) is 0 Å². The first-order valence-corrected chi connectivity index (χ1v) is 6.90. The molecule has 0 bridgehead atoms. The zero-order chi connectivity index (χ0) is 11.7. The molecule has 0 saturated heterocycles. The van der Waals surface area contributed by atoms with E-state index < -0.39 is 15.4 Å². The van der Waals surface area contributed by atoms with E-state index in [1.165, 1.54) is 0 Å². The third-order valence-corrected chi connectivity index (χ3v) is 4.00. The Hall–Kier alpha value is -0.130. The molecule has 1 saturated carbocycles. The third-order valence-electron chi connectivity index (χ3n) is 2.69. The van der Waals surface area contributed by atoms with E-state index in [-0.39, 0.29) is 11.6 Å². The van der Waals surface area contributed by atoms with Crippen LogP contribution in [0.25, 0.3) is 0 Å². The van der Waals surface area contributed by atoms with Gasteiger partial charge in [-0.15, -0.1) is 0 Å². The number of hydrogen-bond acceptors (Lipinski definition) is 4. The molecular weight excluding hydrogens is 214 g/mol.